The summed E-state index contributed by atoms with van der Waals surface area (Å²) in [6, 6.07) is 25.8. The Bertz CT molecular complexity index is 698. The van der Waals surface area contributed by atoms with Crippen molar-refractivity contribution < 1.29 is 0 Å². The maximum Gasteiger partial charge on any atom is 0.0211 e. The molecular formula is C20H21N. The molecule has 3 rings (SSSR count). The van der Waals surface area contributed by atoms with Crippen LogP contribution < -0.4 is 5.32 Å². The molecule has 21 heavy (non-hydrogen) atoms. The summed E-state index contributed by atoms with van der Waals surface area (Å²) >= 11 is 0. The van der Waals surface area contributed by atoms with E-state index in [2.05, 4.69) is 85.0 Å². The lowest BCUT2D eigenvalue weighted by atomic mass is 10.0. The Morgan fingerprint density at radius 1 is 0.810 bits per heavy atom. The molecule has 0 fully saturated rings. The van der Waals surface area contributed by atoms with Crippen LogP contribution in [-0.2, 0) is 6.54 Å². The molecule has 0 radical (unpaired) electrons. The Balaban J connectivity index is 1.65. The van der Waals surface area contributed by atoms with Crippen LogP contribution in [0.1, 0.15) is 24.0 Å². The van der Waals surface area contributed by atoms with Crippen molar-refractivity contribution in [2.75, 3.05) is 6.54 Å². The molecule has 1 N–H and O–H groups in total. The Morgan fingerprint density at radius 2 is 1.52 bits per heavy atom. The quantitative estimate of drug-likeness (QED) is 0.709. The summed E-state index contributed by atoms with van der Waals surface area (Å²) in [6.45, 7) is 4.18. The monoisotopic (exact) mass is 275 g/mol. The van der Waals surface area contributed by atoms with Crippen molar-refractivity contribution in [1.82, 2.24) is 5.32 Å². The molecule has 0 aliphatic heterocycles. The third-order valence-corrected chi connectivity index (χ3v) is 4.01. The van der Waals surface area contributed by atoms with Crippen LogP contribution in [-0.4, -0.2) is 6.54 Å². The minimum atomic E-state index is 0.529. The summed E-state index contributed by atoms with van der Waals surface area (Å²) in [6.07, 6.45) is 0. The van der Waals surface area contributed by atoms with Crippen LogP contribution in [0.4, 0.5) is 0 Å². The van der Waals surface area contributed by atoms with E-state index in [0.717, 1.165) is 13.1 Å². The lowest BCUT2D eigenvalue weighted by molar-refractivity contribution is 0.617. The first-order valence-corrected chi connectivity index (χ1v) is 7.57. The van der Waals surface area contributed by atoms with Crippen molar-refractivity contribution in [2.45, 2.75) is 19.4 Å². The molecule has 0 saturated heterocycles. The topological polar surface area (TPSA) is 12.0 Å². The average Bonchev–Trinajstić information content (AvgIpc) is 2.56. The average molecular weight is 275 g/mol. The molecule has 3 aromatic carbocycles. The van der Waals surface area contributed by atoms with Gasteiger partial charge in [-0.05, 0) is 27.8 Å². The second-order valence-electron chi connectivity index (χ2n) is 5.58. The van der Waals surface area contributed by atoms with E-state index in [4.69, 9.17) is 0 Å². The lowest BCUT2D eigenvalue weighted by Crippen LogP contribution is -2.19. The molecule has 1 atom stereocenters. The molecule has 0 amide bonds. The van der Waals surface area contributed by atoms with Gasteiger partial charge in [0.1, 0.15) is 0 Å². The second kappa shape index (κ2) is 6.55. The molecule has 0 aromatic heterocycles. The molecule has 106 valence electrons. The van der Waals surface area contributed by atoms with Crippen LogP contribution in [0.5, 0.6) is 0 Å². The molecule has 0 saturated carbocycles. The third kappa shape index (κ3) is 3.32. The van der Waals surface area contributed by atoms with Gasteiger partial charge in [0, 0.05) is 13.1 Å². The van der Waals surface area contributed by atoms with Gasteiger partial charge in [0.25, 0.3) is 0 Å². The van der Waals surface area contributed by atoms with Crippen molar-refractivity contribution in [3.8, 4) is 0 Å². The van der Waals surface area contributed by atoms with E-state index in [1.54, 1.807) is 0 Å². The molecule has 0 aliphatic carbocycles. The summed E-state index contributed by atoms with van der Waals surface area (Å²) in [5, 5.41) is 6.25. The molecule has 0 heterocycles. The van der Waals surface area contributed by atoms with Gasteiger partial charge in [-0.1, -0.05) is 79.7 Å². The molecule has 1 heteroatoms. The molecule has 1 unspecified atom stereocenters. The molecule has 0 bridgehead atoms. The number of hydrogen-bond acceptors (Lipinski definition) is 1. The number of fused-ring (bicyclic) bond motifs is 1. The van der Waals surface area contributed by atoms with E-state index < -0.39 is 0 Å². The standard InChI is InChI=1S/C20H21N/c1-16(17-8-3-2-4-9-17)14-21-15-19-12-7-11-18-10-5-6-13-20(18)19/h2-13,16,21H,14-15H2,1H3. The van der Waals surface area contributed by atoms with Gasteiger partial charge >= 0.3 is 0 Å². The van der Waals surface area contributed by atoms with Gasteiger partial charge in [-0.15, -0.1) is 0 Å². The number of hydrogen-bond donors (Lipinski definition) is 1. The second-order valence-corrected chi connectivity index (χ2v) is 5.58. The Labute approximate surface area is 126 Å². The summed E-state index contributed by atoms with van der Waals surface area (Å²) in [7, 11) is 0. The summed E-state index contributed by atoms with van der Waals surface area (Å²) < 4.78 is 0. The highest BCUT2D eigenvalue weighted by molar-refractivity contribution is 5.85. The van der Waals surface area contributed by atoms with Gasteiger partial charge in [-0.25, -0.2) is 0 Å². The maximum absolute atomic E-state index is 3.59. The van der Waals surface area contributed by atoms with Crippen LogP contribution in [0.3, 0.4) is 0 Å². The summed E-state index contributed by atoms with van der Waals surface area (Å²) in [5.41, 5.74) is 2.76. The molecule has 3 aromatic rings. The van der Waals surface area contributed by atoms with Gasteiger partial charge < -0.3 is 5.32 Å². The Kier molecular flexibility index (Phi) is 4.32. The van der Waals surface area contributed by atoms with Crippen LogP contribution in [0.25, 0.3) is 10.8 Å². The first-order chi connectivity index (χ1) is 10.3. The minimum Gasteiger partial charge on any atom is -0.312 e. The first kappa shape index (κ1) is 13.8. The zero-order valence-electron chi connectivity index (χ0n) is 12.4. The van der Waals surface area contributed by atoms with E-state index in [1.165, 1.54) is 21.9 Å². The van der Waals surface area contributed by atoms with Crippen molar-refractivity contribution in [1.29, 1.82) is 0 Å². The Morgan fingerprint density at radius 3 is 2.38 bits per heavy atom. The molecule has 0 aliphatic rings. The predicted molar refractivity (Wildman–Crippen MR) is 90.5 cm³/mol. The summed E-state index contributed by atoms with van der Waals surface area (Å²) in [5.74, 6) is 0.529. The molecule has 1 nitrogen and oxygen atoms in total. The normalized spacial score (nSPS) is 12.4. The lowest BCUT2D eigenvalue weighted by Gasteiger charge is -2.14. The number of nitrogens with one attached hydrogen (secondary N) is 1. The van der Waals surface area contributed by atoms with Crippen LogP contribution in [0.2, 0.25) is 0 Å². The van der Waals surface area contributed by atoms with E-state index in [9.17, 15) is 0 Å². The smallest absolute Gasteiger partial charge is 0.0211 e. The highest BCUT2D eigenvalue weighted by Gasteiger charge is 2.05. The molecular weight excluding hydrogens is 254 g/mol. The minimum absolute atomic E-state index is 0.529. The van der Waals surface area contributed by atoms with Crippen LogP contribution in [0.15, 0.2) is 72.8 Å². The SMILES string of the molecule is CC(CNCc1cccc2ccccc12)c1ccccc1. The zero-order valence-corrected chi connectivity index (χ0v) is 12.4. The van der Waals surface area contributed by atoms with E-state index >= 15 is 0 Å². The fourth-order valence-electron chi connectivity index (χ4n) is 2.77. The highest BCUT2D eigenvalue weighted by Crippen LogP contribution is 2.19. The fraction of sp³-hybridized carbons (Fsp3) is 0.200. The van der Waals surface area contributed by atoms with Gasteiger partial charge in [0.15, 0.2) is 0 Å². The van der Waals surface area contributed by atoms with Gasteiger partial charge in [-0.3, -0.25) is 0 Å². The third-order valence-electron chi connectivity index (χ3n) is 4.01. The summed E-state index contributed by atoms with van der Waals surface area (Å²) in [4.78, 5) is 0. The van der Waals surface area contributed by atoms with Crippen molar-refractivity contribution in [3.05, 3.63) is 83.9 Å². The fourth-order valence-corrected chi connectivity index (χ4v) is 2.77. The van der Waals surface area contributed by atoms with Crippen LogP contribution >= 0.6 is 0 Å². The van der Waals surface area contributed by atoms with Gasteiger partial charge in [0.05, 0.1) is 0 Å². The molecule has 0 spiro atoms. The highest BCUT2D eigenvalue weighted by atomic mass is 14.9. The van der Waals surface area contributed by atoms with Crippen LogP contribution in [0, 0.1) is 0 Å². The largest absolute Gasteiger partial charge is 0.312 e. The number of rotatable bonds is 5. The van der Waals surface area contributed by atoms with Gasteiger partial charge in [0.2, 0.25) is 0 Å². The first-order valence-electron chi connectivity index (χ1n) is 7.57. The predicted octanol–water partition coefficient (Wildman–Crippen LogP) is 4.73. The van der Waals surface area contributed by atoms with E-state index in [-0.39, 0.29) is 0 Å². The number of benzene rings is 3. The maximum atomic E-state index is 3.59. The van der Waals surface area contributed by atoms with E-state index in [1.807, 2.05) is 0 Å². The zero-order chi connectivity index (χ0) is 14.5. The van der Waals surface area contributed by atoms with E-state index in [0.29, 0.717) is 5.92 Å². The van der Waals surface area contributed by atoms with Crippen molar-refractivity contribution in [2.24, 2.45) is 0 Å². The van der Waals surface area contributed by atoms with Crippen molar-refractivity contribution >= 4 is 10.8 Å². The van der Waals surface area contributed by atoms with Crippen molar-refractivity contribution in [3.63, 3.8) is 0 Å². The Hall–Kier alpha value is -2.12. The van der Waals surface area contributed by atoms with Gasteiger partial charge in [-0.2, -0.15) is 0 Å².